The van der Waals surface area contributed by atoms with Crippen molar-refractivity contribution in [2.45, 2.75) is 13.8 Å². The van der Waals surface area contributed by atoms with Crippen LogP contribution in [-0.2, 0) is 13.7 Å². The van der Waals surface area contributed by atoms with Crippen molar-refractivity contribution in [3.63, 3.8) is 0 Å². The highest BCUT2D eigenvalue weighted by Crippen LogP contribution is 2.66. The Hall–Kier alpha value is 0.0400. The van der Waals surface area contributed by atoms with E-state index in [9.17, 15) is 23.8 Å². The van der Waals surface area contributed by atoms with Crippen LogP contribution in [-0.4, -0.2) is 6.61 Å². The topological polar surface area (TPSA) is 113 Å². The van der Waals surface area contributed by atoms with E-state index in [0.717, 1.165) is 5.57 Å². The van der Waals surface area contributed by atoms with E-state index in [-0.39, 0.29) is 0 Å². The summed E-state index contributed by atoms with van der Waals surface area (Å²) in [7, 11) is -11.0. The van der Waals surface area contributed by atoms with Crippen LogP contribution >= 0.6 is 14.6 Å². The second-order valence-electron chi connectivity index (χ2n) is 2.51. The molecule has 0 fully saturated rings. The van der Waals surface area contributed by atoms with Crippen LogP contribution in [0.15, 0.2) is 11.6 Å². The smallest absolute Gasteiger partial charge is 0.164 e. The summed E-state index contributed by atoms with van der Waals surface area (Å²) in [5.74, 6) is 0. The molecule has 0 saturated carbocycles. The van der Waals surface area contributed by atoms with Crippen molar-refractivity contribution >= 4 is 14.6 Å². The summed E-state index contributed by atoms with van der Waals surface area (Å²) in [6.07, 6.45) is 1.35. The van der Waals surface area contributed by atoms with Crippen LogP contribution in [0.5, 0.6) is 0 Å². The molecule has 13 heavy (non-hydrogen) atoms. The van der Waals surface area contributed by atoms with Crippen LogP contribution in [0.3, 0.4) is 0 Å². The Morgan fingerprint density at radius 3 is 2.08 bits per heavy atom. The minimum absolute atomic E-state index is 0.433. The van der Waals surface area contributed by atoms with Gasteiger partial charge in [-0.3, -0.25) is 0 Å². The zero-order chi connectivity index (χ0) is 10.7. The SMILES string of the molecule is CC(C)=CCOP(=O)([O-])P(=O)([O-])[O-]. The molecular formula is C5H9O6P2-3. The van der Waals surface area contributed by atoms with Gasteiger partial charge >= 0.3 is 0 Å². The standard InChI is InChI=1S/C5H12O6P2/c1-5(2)3-4-11-13(9,10)12(6,7)8/h3H,4H2,1-2H3,(H,9,10)(H2,6,7,8)/p-3. The third kappa shape index (κ3) is 4.72. The third-order valence-electron chi connectivity index (χ3n) is 1.03. The van der Waals surface area contributed by atoms with E-state index in [2.05, 4.69) is 4.52 Å². The van der Waals surface area contributed by atoms with Gasteiger partial charge in [0.2, 0.25) is 0 Å². The van der Waals surface area contributed by atoms with Crippen molar-refractivity contribution in [2.75, 3.05) is 6.61 Å². The zero-order valence-corrected chi connectivity index (χ0v) is 8.92. The first-order chi connectivity index (χ1) is 5.67. The van der Waals surface area contributed by atoms with Crippen molar-refractivity contribution < 1.29 is 28.3 Å². The van der Waals surface area contributed by atoms with Gasteiger partial charge < -0.3 is 28.3 Å². The van der Waals surface area contributed by atoms with Crippen LogP contribution < -0.4 is 14.7 Å². The molecule has 0 aliphatic heterocycles. The summed E-state index contributed by atoms with van der Waals surface area (Å²) in [6, 6.07) is 0. The molecular weight excluding hydrogens is 218 g/mol. The number of hydrogen-bond donors (Lipinski definition) is 0. The zero-order valence-electron chi connectivity index (χ0n) is 7.13. The highest BCUT2D eigenvalue weighted by atomic mass is 32.1. The van der Waals surface area contributed by atoms with Crippen LogP contribution in [0.2, 0.25) is 0 Å². The first kappa shape index (κ1) is 13.0. The van der Waals surface area contributed by atoms with Gasteiger partial charge in [0.25, 0.3) is 0 Å². The maximum Gasteiger partial charge on any atom is 0.164 e. The minimum Gasteiger partial charge on any atom is -0.805 e. The molecule has 1 unspecified atom stereocenters. The van der Waals surface area contributed by atoms with E-state index in [4.69, 9.17) is 0 Å². The minimum atomic E-state index is -5.68. The fraction of sp³-hybridized carbons (Fsp3) is 0.600. The quantitative estimate of drug-likeness (QED) is 0.465. The van der Waals surface area contributed by atoms with E-state index in [1.54, 1.807) is 13.8 Å². The average Bonchev–Trinajstić information content (AvgIpc) is 1.82. The molecule has 0 aromatic carbocycles. The molecule has 0 aliphatic rings. The van der Waals surface area contributed by atoms with Crippen molar-refractivity contribution in [3.8, 4) is 0 Å². The van der Waals surface area contributed by atoms with Crippen LogP contribution in [0, 0.1) is 0 Å². The molecule has 8 heteroatoms. The summed E-state index contributed by atoms with van der Waals surface area (Å²) in [5.41, 5.74) is 0.756. The molecule has 6 nitrogen and oxygen atoms in total. The van der Waals surface area contributed by atoms with Gasteiger partial charge in [-0.2, -0.15) is 0 Å². The molecule has 0 aromatic heterocycles. The van der Waals surface area contributed by atoms with Gasteiger partial charge in [-0.15, -0.1) is 0 Å². The number of allylic oxidation sites excluding steroid dienone is 1. The predicted molar refractivity (Wildman–Crippen MR) is 40.6 cm³/mol. The average molecular weight is 227 g/mol. The van der Waals surface area contributed by atoms with Gasteiger partial charge in [0, 0.05) is 7.28 Å². The molecule has 0 radical (unpaired) electrons. The second-order valence-corrected chi connectivity index (χ2v) is 7.59. The van der Waals surface area contributed by atoms with E-state index >= 15 is 0 Å². The van der Waals surface area contributed by atoms with Crippen LogP contribution in [0.25, 0.3) is 0 Å². The van der Waals surface area contributed by atoms with Gasteiger partial charge in [0.15, 0.2) is 7.28 Å². The molecule has 0 spiro atoms. The lowest BCUT2D eigenvalue weighted by Gasteiger charge is -2.41. The summed E-state index contributed by atoms with van der Waals surface area (Å²) >= 11 is 0. The fourth-order valence-corrected chi connectivity index (χ4v) is 1.40. The van der Waals surface area contributed by atoms with Gasteiger partial charge in [0.1, 0.15) is 0 Å². The van der Waals surface area contributed by atoms with Gasteiger partial charge in [-0.05, 0) is 13.8 Å². The Morgan fingerprint density at radius 2 is 1.77 bits per heavy atom. The van der Waals surface area contributed by atoms with E-state index in [1.165, 1.54) is 6.08 Å². The Labute approximate surface area is 75.8 Å². The number of rotatable bonds is 4. The summed E-state index contributed by atoms with van der Waals surface area (Å²) in [6.45, 7) is 2.91. The Bertz CT molecular complexity index is 285. The van der Waals surface area contributed by atoms with Crippen LogP contribution in [0.4, 0.5) is 0 Å². The first-order valence-electron chi connectivity index (χ1n) is 3.28. The Morgan fingerprint density at radius 1 is 1.31 bits per heavy atom. The summed E-state index contributed by atoms with van der Waals surface area (Å²) in [4.78, 5) is 30.7. The van der Waals surface area contributed by atoms with Crippen LogP contribution in [0.1, 0.15) is 13.8 Å². The lowest BCUT2D eigenvalue weighted by atomic mass is 10.3. The highest BCUT2D eigenvalue weighted by Gasteiger charge is 2.11. The summed E-state index contributed by atoms with van der Waals surface area (Å²) < 4.78 is 24.5. The Balaban J connectivity index is 4.31. The number of hydrogen-bond acceptors (Lipinski definition) is 6. The molecule has 0 rings (SSSR count). The van der Waals surface area contributed by atoms with E-state index < -0.39 is 21.2 Å². The molecule has 0 N–H and O–H groups in total. The molecule has 0 saturated heterocycles. The van der Waals surface area contributed by atoms with Crippen molar-refractivity contribution in [2.24, 2.45) is 0 Å². The first-order valence-corrected chi connectivity index (χ1v) is 7.07. The van der Waals surface area contributed by atoms with Crippen molar-refractivity contribution in [1.82, 2.24) is 0 Å². The molecule has 1 atom stereocenters. The normalized spacial score (nSPS) is 16.4. The van der Waals surface area contributed by atoms with Gasteiger partial charge in [0.05, 0.1) is 6.61 Å². The second kappa shape index (κ2) is 4.51. The molecule has 0 heterocycles. The monoisotopic (exact) mass is 227 g/mol. The van der Waals surface area contributed by atoms with Gasteiger partial charge in [-0.25, -0.2) is 0 Å². The Kier molecular flexibility index (Phi) is 4.52. The van der Waals surface area contributed by atoms with Gasteiger partial charge in [-0.1, -0.05) is 11.6 Å². The molecule has 0 amide bonds. The predicted octanol–water partition coefficient (Wildman–Crippen LogP) is -0.649. The van der Waals surface area contributed by atoms with E-state index in [1.807, 2.05) is 0 Å². The highest BCUT2D eigenvalue weighted by molar-refractivity contribution is 8.24. The lowest BCUT2D eigenvalue weighted by Crippen LogP contribution is -2.20. The molecule has 0 bridgehead atoms. The fourth-order valence-electron chi connectivity index (χ4n) is 0.369. The molecule has 0 aliphatic carbocycles. The van der Waals surface area contributed by atoms with Crippen molar-refractivity contribution in [1.29, 1.82) is 0 Å². The maximum atomic E-state index is 10.5. The molecule has 78 valence electrons. The van der Waals surface area contributed by atoms with Crippen molar-refractivity contribution in [3.05, 3.63) is 11.6 Å². The summed E-state index contributed by atoms with van der Waals surface area (Å²) in [5, 5.41) is 0. The maximum absolute atomic E-state index is 10.5. The lowest BCUT2D eigenvalue weighted by molar-refractivity contribution is -0.314. The largest absolute Gasteiger partial charge is 0.805 e. The third-order valence-corrected chi connectivity index (χ3v) is 4.25. The molecule has 0 aromatic rings. The van der Waals surface area contributed by atoms with E-state index in [0.29, 0.717) is 0 Å².